The van der Waals surface area contributed by atoms with Crippen molar-refractivity contribution in [3.8, 4) is 5.75 Å². The average molecular weight is 332 g/mol. The minimum atomic E-state index is -0.409. The Labute approximate surface area is 147 Å². The van der Waals surface area contributed by atoms with Crippen molar-refractivity contribution in [2.75, 3.05) is 26.2 Å². The molecule has 1 aromatic carbocycles. The molecule has 3 nitrogen and oxygen atoms in total. The van der Waals surface area contributed by atoms with Gasteiger partial charge in [-0.1, -0.05) is 38.3 Å². The van der Waals surface area contributed by atoms with Crippen LogP contribution in [0.3, 0.4) is 0 Å². The van der Waals surface area contributed by atoms with Crippen LogP contribution in [-0.2, 0) is 0 Å². The first-order valence-electron chi connectivity index (χ1n) is 9.84. The topological polar surface area (TPSA) is 32.7 Å². The molecule has 3 rings (SSSR count). The third-order valence-electron chi connectivity index (χ3n) is 5.61. The summed E-state index contributed by atoms with van der Waals surface area (Å²) in [6.07, 6.45) is 8.93. The number of nitrogens with zero attached hydrogens (tertiary/aromatic N) is 1. The van der Waals surface area contributed by atoms with Gasteiger partial charge < -0.3 is 14.7 Å². The zero-order valence-electron chi connectivity index (χ0n) is 15.1. The summed E-state index contributed by atoms with van der Waals surface area (Å²) in [5.41, 5.74) is 1.45. The Hall–Kier alpha value is -1.06. The monoisotopic (exact) mass is 331 g/mol. The van der Waals surface area contributed by atoms with Crippen molar-refractivity contribution in [3.63, 3.8) is 0 Å². The molecular formula is C21H33NO2. The van der Waals surface area contributed by atoms with Crippen LogP contribution in [0, 0.1) is 5.92 Å². The maximum atomic E-state index is 10.2. The van der Waals surface area contributed by atoms with Gasteiger partial charge in [-0.05, 0) is 61.8 Å². The van der Waals surface area contributed by atoms with Gasteiger partial charge in [0.15, 0.2) is 0 Å². The molecule has 0 amide bonds. The minimum absolute atomic E-state index is 0.383. The second kappa shape index (κ2) is 8.87. The van der Waals surface area contributed by atoms with Gasteiger partial charge in [0.05, 0.1) is 0 Å². The molecule has 134 valence electrons. The molecule has 1 N–H and O–H groups in total. The van der Waals surface area contributed by atoms with Crippen molar-refractivity contribution >= 4 is 0 Å². The maximum absolute atomic E-state index is 10.2. The predicted octanol–water partition coefficient (Wildman–Crippen LogP) is 4.21. The zero-order chi connectivity index (χ0) is 16.8. The molecule has 1 aromatic rings. The van der Waals surface area contributed by atoms with E-state index in [-0.39, 0.29) is 0 Å². The third-order valence-corrected chi connectivity index (χ3v) is 5.61. The number of rotatable bonds is 6. The van der Waals surface area contributed by atoms with Gasteiger partial charge in [-0.3, -0.25) is 0 Å². The van der Waals surface area contributed by atoms with Crippen LogP contribution in [0.15, 0.2) is 24.3 Å². The molecule has 1 saturated heterocycles. The molecule has 2 aliphatic rings. The normalized spacial score (nSPS) is 24.7. The lowest BCUT2D eigenvalue weighted by molar-refractivity contribution is 0.0537. The highest BCUT2D eigenvalue weighted by Gasteiger charge is 2.19. The minimum Gasteiger partial charge on any atom is -0.491 e. The number of aliphatic hydroxyl groups is 1. The molecule has 1 heterocycles. The summed E-state index contributed by atoms with van der Waals surface area (Å²) < 4.78 is 5.80. The molecule has 0 radical (unpaired) electrons. The molecule has 1 aliphatic heterocycles. The van der Waals surface area contributed by atoms with Crippen LogP contribution >= 0.6 is 0 Å². The number of likely N-dealkylation sites (tertiary alicyclic amines) is 1. The predicted molar refractivity (Wildman–Crippen MR) is 98.6 cm³/mol. The van der Waals surface area contributed by atoms with Crippen molar-refractivity contribution in [1.82, 2.24) is 4.90 Å². The molecule has 0 bridgehead atoms. The lowest BCUT2D eigenvalue weighted by atomic mass is 9.84. The quantitative estimate of drug-likeness (QED) is 0.848. The van der Waals surface area contributed by atoms with Gasteiger partial charge >= 0.3 is 0 Å². The van der Waals surface area contributed by atoms with Crippen LogP contribution in [0.25, 0.3) is 0 Å². The summed E-state index contributed by atoms with van der Waals surface area (Å²) in [6, 6.07) is 8.56. The Morgan fingerprint density at radius 3 is 2.54 bits per heavy atom. The van der Waals surface area contributed by atoms with Crippen molar-refractivity contribution in [1.29, 1.82) is 0 Å². The highest BCUT2D eigenvalue weighted by Crippen LogP contribution is 2.33. The molecule has 0 spiro atoms. The second-order valence-corrected chi connectivity index (χ2v) is 7.88. The first-order chi connectivity index (χ1) is 11.7. The lowest BCUT2D eigenvalue weighted by Crippen LogP contribution is -2.41. The average Bonchev–Trinajstić information content (AvgIpc) is 2.61. The van der Waals surface area contributed by atoms with E-state index >= 15 is 0 Å². The van der Waals surface area contributed by atoms with Crippen LogP contribution in [0.1, 0.15) is 63.4 Å². The van der Waals surface area contributed by atoms with Crippen LogP contribution < -0.4 is 4.74 Å². The van der Waals surface area contributed by atoms with E-state index in [0.29, 0.717) is 6.61 Å². The Bertz CT molecular complexity index is 481. The van der Waals surface area contributed by atoms with Crippen molar-refractivity contribution in [3.05, 3.63) is 29.8 Å². The van der Waals surface area contributed by atoms with Crippen molar-refractivity contribution < 1.29 is 9.84 Å². The van der Waals surface area contributed by atoms with Gasteiger partial charge in [0, 0.05) is 13.1 Å². The molecule has 3 heteroatoms. The second-order valence-electron chi connectivity index (χ2n) is 7.88. The number of ether oxygens (including phenoxy) is 1. The highest BCUT2D eigenvalue weighted by molar-refractivity contribution is 5.29. The summed E-state index contributed by atoms with van der Waals surface area (Å²) in [4.78, 5) is 2.37. The molecular weight excluding hydrogens is 298 g/mol. The fourth-order valence-electron chi connectivity index (χ4n) is 4.27. The summed E-state index contributed by atoms with van der Waals surface area (Å²) in [5, 5.41) is 10.2. The Kier molecular flexibility index (Phi) is 6.56. The number of aliphatic hydroxyl groups excluding tert-OH is 1. The van der Waals surface area contributed by atoms with E-state index < -0.39 is 6.10 Å². The molecule has 1 saturated carbocycles. The molecule has 2 atom stereocenters. The van der Waals surface area contributed by atoms with Gasteiger partial charge in [-0.25, -0.2) is 0 Å². The third kappa shape index (κ3) is 5.22. The highest BCUT2D eigenvalue weighted by atomic mass is 16.5. The van der Waals surface area contributed by atoms with E-state index in [1.807, 2.05) is 0 Å². The van der Waals surface area contributed by atoms with E-state index in [9.17, 15) is 5.11 Å². The Balaban J connectivity index is 1.42. The van der Waals surface area contributed by atoms with E-state index in [0.717, 1.165) is 37.2 Å². The number of piperidine rings is 1. The lowest BCUT2D eigenvalue weighted by Gasteiger charge is -2.32. The van der Waals surface area contributed by atoms with E-state index in [4.69, 9.17) is 4.74 Å². The van der Waals surface area contributed by atoms with E-state index in [2.05, 4.69) is 36.1 Å². The van der Waals surface area contributed by atoms with Gasteiger partial charge in [-0.15, -0.1) is 0 Å². The van der Waals surface area contributed by atoms with E-state index in [1.165, 1.54) is 50.5 Å². The van der Waals surface area contributed by atoms with Crippen molar-refractivity contribution in [2.24, 2.45) is 5.92 Å². The SMILES string of the molecule is C[C@H]1CCCN(C[C@@H](O)COc2ccc(C3CCCCC3)cc2)C1. The van der Waals surface area contributed by atoms with Gasteiger partial charge in [0.1, 0.15) is 18.5 Å². The zero-order valence-corrected chi connectivity index (χ0v) is 15.1. The molecule has 0 unspecified atom stereocenters. The smallest absolute Gasteiger partial charge is 0.119 e. The molecule has 0 aromatic heterocycles. The number of hydrogen-bond acceptors (Lipinski definition) is 3. The molecule has 24 heavy (non-hydrogen) atoms. The number of hydrogen-bond donors (Lipinski definition) is 1. The van der Waals surface area contributed by atoms with Gasteiger partial charge in [0.2, 0.25) is 0 Å². The fourth-order valence-corrected chi connectivity index (χ4v) is 4.27. The molecule has 2 fully saturated rings. The van der Waals surface area contributed by atoms with Gasteiger partial charge in [0.25, 0.3) is 0 Å². The Morgan fingerprint density at radius 1 is 1.08 bits per heavy atom. The summed E-state index contributed by atoms with van der Waals surface area (Å²) >= 11 is 0. The first kappa shape index (κ1) is 17.8. The standard InChI is InChI=1S/C21H33NO2/c1-17-6-5-13-22(14-17)15-20(23)16-24-21-11-9-19(10-12-21)18-7-3-2-4-8-18/h9-12,17-18,20,23H,2-8,13-16H2,1H3/t17-,20+/m0/s1. The Morgan fingerprint density at radius 2 is 1.83 bits per heavy atom. The molecule has 1 aliphatic carbocycles. The number of benzene rings is 1. The summed E-state index contributed by atoms with van der Waals surface area (Å²) in [5.74, 6) is 2.36. The van der Waals surface area contributed by atoms with Crippen LogP contribution in [0.4, 0.5) is 0 Å². The summed E-state index contributed by atoms with van der Waals surface area (Å²) in [7, 11) is 0. The number of β-amino-alcohol motifs (C(OH)–C–C–N with tert-alkyl or cyclic N) is 1. The fraction of sp³-hybridized carbons (Fsp3) is 0.714. The largest absolute Gasteiger partial charge is 0.491 e. The maximum Gasteiger partial charge on any atom is 0.119 e. The first-order valence-corrected chi connectivity index (χ1v) is 9.84. The van der Waals surface area contributed by atoms with Crippen LogP contribution in [-0.4, -0.2) is 42.4 Å². The van der Waals surface area contributed by atoms with E-state index in [1.54, 1.807) is 0 Å². The summed E-state index contributed by atoms with van der Waals surface area (Å²) in [6.45, 7) is 5.62. The van der Waals surface area contributed by atoms with Crippen LogP contribution in [0.2, 0.25) is 0 Å². The van der Waals surface area contributed by atoms with Crippen molar-refractivity contribution in [2.45, 2.75) is 63.9 Å². The van der Waals surface area contributed by atoms with Gasteiger partial charge in [-0.2, -0.15) is 0 Å². The van der Waals surface area contributed by atoms with Crippen LogP contribution in [0.5, 0.6) is 5.75 Å².